The van der Waals surface area contributed by atoms with E-state index in [9.17, 15) is 14.7 Å². The highest BCUT2D eigenvalue weighted by Crippen LogP contribution is 2.28. The second-order valence-corrected chi connectivity index (χ2v) is 5.80. The topological polar surface area (TPSA) is 92.4 Å². The molecule has 1 aliphatic rings. The lowest BCUT2D eigenvalue weighted by atomic mass is 9.81. The lowest BCUT2D eigenvalue weighted by Crippen LogP contribution is -2.56. The van der Waals surface area contributed by atoms with Crippen molar-refractivity contribution in [3.05, 3.63) is 30.0 Å². The van der Waals surface area contributed by atoms with Crippen molar-refractivity contribution in [3.8, 4) is 0 Å². The quantitative estimate of drug-likeness (QED) is 0.904. The Bertz CT molecular complexity index is 701. The van der Waals surface area contributed by atoms with Gasteiger partial charge in [0, 0.05) is 5.39 Å². The van der Waals surface area contributed by atoms with Crippen LogP contribution in [0, 0.1) is 0 Å². The summed E-state index contributed by atoms with van der Waals surface area (Å²) >= 11 is 0. The van der Waals surface area contributed by atoms with Crippen LogP contribution in [0.15, 0.2) is 28.8 Å². The van der Waals surface area contributed by atoms with Gasteiger partial charge >= 0.3 is 5.97 Å². The second kappa shape index (κ2) is 5.79. The number of aliphatic carboxylic acids is 1. The standard InChI is InChI=1S/C16H18N2O4/c19-14(17-16(15(20)21)8-4-1-5-9-16)10-12-11-6-2-3-7-13(11)22-18-12/h2-3,6-7H,1,4-5,8-10H2,(H,17,19)(H,20,21). The van der Waals surface area contributed by atoms with E-state index in [0.717, 1.165) is 24.6 Å². The number of fused-ring (bicyclic) bond motifs is 1. The summed E-state index contributed by atoms with van der Waals surface area (Å²) in [5.41, 5.74) is 0.0230. The average molecular weight is 302 g/mol. The highest BCUT2D eigenvalue weighted by atomic mass is 16.5. The second-order valence-electron chi connectivity index (χ2n) is 5.80. The number of aromatic nitrogens is 1. The maximum absolute atomic E-state index is 12.3. The first-order chi connectivity index (χ1) is 10.6. The van der Waals surface area contributed by atoms with Crippen molar-refractivity contribution in [2.45, 2.75) is 44.1 Å². The van der Waals surface area contributed by atoms with Crippen LogP contribution in [0.2, 0.25) is 0 Å². The lowest BCUT2D eigenvalue weighted by Gasteiger charge is -2.33. The molecule has 22 heavy (non-hydrogen) atoms. The van der Waals surface area contributed by atoms with Crippen LogP contribution in [0.1, 0.15) is 37.8 Å². The number of nitrogens with one attached hydrogen (secondary N) is 1. The Morgan fingerprint density at radius 1 is 1.23 bits per heavy atom. The number of carbonyl (C=O) groups excluding carboxylic acids is 1. The molecule has 6 heteroatoms. The number of amides is 1. The van der Waals surface area contributed by atoms with Crippen molar-refractivity contribution < 1.29 is 19.2 Å². The predicted octanol–water partition coefficient (Wildman–Crippen LogP) is 2.27. The number of benzene rings is 1. The molecule has 1 heterocycles. The van der Waals surface area contributed by atoms with Gasteiger partial charge in [0.1, 0.15) is 11.2 Å². The molecule has 3 rings (SSSR count). The van der Waals surface area contributed by atoms with Crippen LogP contribution < -0.4 is 5.32 Å². The van der Waals surface area contributed by atoms with Crippen molar-refractivity contribution in [2.75, 3.05) is 0 Å². The molecule has 1 aromatic heterocycles. The highest BCUT2D eigenvalue weighted by Gasteiger charge is 2.40. The molecule has 0 unspecified atom stereocenters. The Balaban J connectivity index is 1.75. The summed E-state index contributed by atoms with van der Waals surface area (Å²) < 4.78 is 5.17. The van der Waals surface area contributed by atoms with Gasteiger partial charge in [0.15, 0.2) is 5.58 Å². The van der Waals surface area contributed by atoms with E-state index in [2.05, 4.69) is 10.5 Å². The van der Waals surface area contributed by atoms with Gasteiger partial charge < -0.3 is 14.9 Å². The Kier molecular flexibility index (Phi) is 3.83. The van der Waals surface area contributed by atoms with Crippen molar-refractivity contribution in [3.63, 3.8) is 0 Å². The van der Waals surface area contributed by atoms with Crippen molar-refractivity contribution >= 4 is 22.8 Å². The SMILES string of the molecule is O=C(Cc1noc2ccccc12)NC1(C(=O)O)CCCCC1. The van der Waals surface area contributed by atoms with Crippen LogP contribution in [0.25, 0.3) is 11.0 Å². The molecule has 1 aromatic carbocycles. The maximum Gasteiger partial charge on any atom is 0.329 e. The Labute approximate surface area is 127 Å². The van der Waals surface area contributed by atoms with Crippen molar-refractivity contribution in [1.82, 2.24) is 10.5 Å². The number of hydrogen-bond donors (Lipinski definition) is 2. The van der Waals surface area contributed by atoms with Crippen LogP contribution in [-0.2, 0) is 16.0 Å². The minimum absolute atomic E-state index is 0.0199. The van der Waals surface area contributed by atoms with Gasteiger partial charge in [0.25, 0.3) is 0 Å². The molecule has 0 atom stereocenters. The van der Waals surface area contributed by atoms with Crippen molar-refractivity contribution in [1.29, 1.82) is 0 Å². The fourth-order valence-electron chi connectivity index (χ4n) is 3.08. The van der Waals surface area contributed by atoms with Crippen molar-refractivity contribution in [2.24, 2.45) is 0 Å². The van der Waals surface area contributed by atoms with Crippen LogP contribution in [0.5, 0.6) is 0 Å². The molecule has 6 nitrogen and oxygen atoms in total. The molecule has 0 radical (unpaired) electrons. The normalized spacial score (nSPS) is 17.3. The molecule has 2 aromatic rings. The molecule has 116 valence electrons. The summed E-state index contributed by atoms with van der Waals surface area (Å²) in [6.07, 6.45) is 3.63. The monoisotopic (exact) mass is 302 g/mol. The van der Waals surface area contributed by atoms with Crippen LogP contribution in [-0.4, -0.2) is 27.7 Å². The molecule has 0 saturated heterocycles. The zero-order chi connectivity index (χ0) is 15.6. The molecule has 0 bridgehead atoms. The fraction of sp³-hybridized carbons (Fsp3) is 0.438. The molecule has 1 amide bonds. The van der Waals surface area contributed by atoms with Gasteiger partial charge in [-0.1, -0.05) is 36.6 Å². The largest absolute Gasteiger partial charge is 0.480 e. The number of nitrogens with zero attached hydrogens (tertiary/aromatic N) is 1. The Hall–Kier alpha value is -2.37. The smallest absolute Gasteiger partial charge is 0.329 e. The van der Waals surface area contributed by atoms with E-state index >= 15 is 0 Å². The van der Waals surface area contributed by atoms with Gasteiger partial charge in [-0.05, 0) is 25.0 Å². The number of hydrogen-bond acceptors (Lipinski definition) is 4. The fourth-order valence-corrected chi connectivity index (χ4v) is 3.08. The van der Waals surface area contributed by atoms with E-state index in [-0.39, 0.29) is 12.3 Å². The van der Waals surface area contributed by atoms with E-state index in [1.807, 2.05) is 18.2 Å². The number of carbonyl (C=O) groups is 2. The molecular weight excluding hydrogens is 284 g/mol. The van der Waals surface area contributed by atoms with Gasteiger partial charge in [-0.2, -0.15) is 0 Å². The predicted molar refractivity (Wildman–Crippen MR) is 79.3 cm³/mol. The number of para-hydroxylation sites is 1. The van der Waals surface area contributed by atoms with Crippen LogP contribution in [0.4, 0.5) is 0 Å². The van der Waals surface area contributed by atoms with E-state index < -0.39 is 11.5 Å². The van der Waals surface area contributed by atoms with E-state index in [1.54, 1.807) is 6.07 Å². The van der Waals surface area contributed by atoms with Gasteiger partial charge in [0.2, 0.25) is 5.91 Å². The van der Waals surface area contributed by atoms with E-state index in [4.69, 9.17) is 4.52 Å². The molecule has 0 aliphatic heterocycles. The van der Waals surface area contributed by atoms with Gasteiger partial charge in [-0.3, -0.25) is 4.79 Å². The molecule has 1 fully saturated rings. The first kappa shape index (κ1) is 14.6. The van der Waals surface area contributed by atoms with Gasteiger partial charge in [0.05, 0.1) is 6.42 Å². The van der Waals surface area contributed by atoms with Crippen LogP contribution >= 0.6 is 0 Å². The molecule has 2 N–H and O–H groups in total. The molecule has 1 saturated carbocycles. The first-order valence-corrected chi connectivity index (χ1v) is 7.48. The third-order valence-corrected chi connectivity index (χ3v) is 4.28. The third-order valence-electron chi connectivity index (χ3n) is 4.28. The van der Waals surface area contributed by atoms with Crippen LogP contribution in [0.3, 0.4) is 0 Å². The Morgan fingerprint density at radius 3 is 2.68 bits per heavy atom. The first-order valence-electron chi connectivity index (χ1n) is 7.48. The molecular formula is C16H18N2O4. The summed E-state index contributed by atoms with van der Waals surface area (Å²) in [5.74, 6) is -1.28. The minimum Gasteiger partial charge on any atom is -0.480 e. The summed E-state index contributed by atoms with van der Waals surface area (Å²) in [5, 5.41) is 16.9. The summed E-state index contributed by atoms with van der Waals surface area (Å²) in [6.45, 7) is 0. The Morgan fingerprint density at radius 2 is 1.95 bits per heavy atom. The van der Waals surface area contributed by atoms with E-state index in [0.29, 0.717) is 24.1 Å². The third kappa shape index (κ3) is 2.68. The summed E-state index contributed by atoms with van der Waals surface area (Å²) in [4.78, 5) is 23.9. The minimum atomic E-state index is -1.13. The van der Waals surface area contributed by atoms with Gasteiger partial charge in [-0.25, -0.2) is 4.79 Å². The van der Waals surface area contributed by atoms with E-state index in [1.165, 1.54) is 0 Å². The number of rotatable bonds is 4. The number of carboxylic acids is 1. The molecule has 0 spiro atoms. The maximum atomic E-state index is 12.3. The lowest BCUT2D eigenvalue weighted by molar-refractivity contribution is -0.149. The molecule has 1 aliphatic carbocycles. The highest BCUT2D eigenvalue weighted by molar-refractivity contribution is 5.90. The zero-order valence-corrected chi connectivity index (χ0v) is 12.2. The average Bonchev–Trinajstić information content (AvgIpc) is 2.91. The summed E-state index contributed by atoms with van der Waals surface area (Å²) in [7, 11) is 0. The van der Waals surface area contributed by atoms with Gasteiger partial charge in [-0.15, -0.1) is 0 Å². The summed E-state index contributed by atoms with van der Waals surface area (Å²) in [6, 6.07) is 7.30. The number of carboxylic acid groups (broad SMARTS) is 1. The zero-order valence-electron chi connectivity index (χ0n) is 12.2.